The van der Waals surface area contributed by atoms with E-state index in [-0.39, 0.29) is 0 Å². The lowest BCUT2D eigenvalue weighted by atomic mass is 9.93. The van der Waals surface area contributed by atoms with Crippen molar-refractivity contribution in [3.63, 3.8) is 0 Å². The highest BCUT2D eigenvalue weighted by atomic mass is 15.1. The Kier molecular flexibility index (Phi) is 3.57. The monoisotopic (exact) mass is 203 g/mol. The van der Waals surface area contributed by atoms with Gasteiger partial charge in [0.2, 0.25) is 0 Å². The van der Waals surface area contributed by atoms with Gasteiger partial charge in [0.1, 0.15) is 0 Å². The van der Waals surface area contributed by atoms with Crippen LogP contribution < -0.4 is 0 Å². The molecule has 0 amide bonds. The molecule has 0 aromatic rings. The fourth-order valence-corrected chi connectivity index (χ4v) is 2.03. The first-order chi connectivity index (χ1) is 6.93. The van der Waals surface area contributed by atoms with Crippen LogP contribution in [0, 0.1) is 5.92 Å². The third-order valence-electron chi connectivity index (χ3n) is 2.59. The van der Waals surface area contributed by atoms with E-state index < -0.39 is 0 Å². The van der Waals surface area contributed by atoms with Crippen LogP contribution in [0.1, 0.15) is 27.7 Å². The van der Waals surface area contributed by atoms with Crippen molar-refractivity contribution < 1.29 is 0 Å². The molecule has 15 heavy (non-hydrogen) atoms. The van der Waals surface area contributed by atoms with Crippen LogP contribution in [0.5, 0.6) is 0 Å². The van der Waals surface area contributed by atoms with Gasteiger partial charge in [-0.1, -0.05) is 32.1 Å². The van der Waals surface area contributed by atoms with E-state index in [1.165, 1.54) is 16.8 Å². The van der Waals surface area contributed by atoms with Gasteiger partial charge in [-0.3, -0.25) is 0 Å². The SMILES string of the molecule is C=C(C)/C(=C1/C=CC(C)=CN1C)C(C)C. The molecule has 0 aliphatic carbocycles. The van der Waals surface area contributed by atoms with E-state index in [4.69, 9.17) is 0 Å². The van der Waals surface area contributed by atoms with E-state index >= 15 is 0 Å². The maximum absolute atomic E-state index is 4.07. The molecule has 0 fully saturated rings. The molecular formula is C14H21N. The zero-order valence-electron chi connectivity index (χ0n) is 10.5. The van der Waals surface area contributed by atoms with Crippen molar-refractivity contribution in [1.82, 2.24) is 4.90 Å². The van der Waals surface area contributed by atoms with Crippen molar-refractivity contribution in [3.05, 3.63) is 47.3 Å². The van der Waals surface area contributed by atoms with Crippen LogP contribution in [-0.4, -0.2) is 11.9 Å². The second kappa shape index (κ2) is 4.52. The average molecular weight is 203 g/mol. The highest BCUT2D eigenvalue weighted by molar-refractivity contribution is 5.43. The zero-order chi connectivity index (χ0) is 11.6. The Morgan fingerprint density at radius 3 is 2.33 bits per heavy atom. The molecule has 0 spiro atoms. The molecule has 0 saturated heterocycles. The first-order valence-corrected chi connectivity index (χ1v) is 5.43. The predicted molar refractivity (Wildman–Crippen MR) is 67.3 cm³/mol. The van der Waals surface area contributed by atoms with Gasteiger partial charge in [-0.05, 0) is 37.0 Å². The Hall–Kier alpha value is -1.24. The van der Waals surface area contributed by atoms with Crippen LogP contribution >= 0.6 is 0 Å². The van der Waals surface area contributed by atoms with Crippen LogP contribution in [0.2, 0.25) is 0 Å². The van der Waals surface area contributed by atoms with Gasteiger partial charge in [0.05, 0.1) is 0 Å². The summed E-state index contributed by atoms with van der Waals surface area (Å²) >= 11 is 0. The Morgan fingerprint density at radius 2 is 1.93 bits per heavy atom. The smallest absolute Gasteiger partial charge is 0.0441 e. The van der Waals surface area contributed by atoms with Crippen molar-refractivity contribution in [2.45, 2.75) is 27.7 Å². The van der Waals surface area contributed by atoms with E-state index in [1.807, 2.05) is 0 Å². The lowest BCUT2D eigenvalue weighted by Crippen LogP contribution is -2.16. The normalized spacial score (nSPS) is 19.3. The van der Waals surface area contributed by atoms with Crippen LogP contribution in [0.4, 0.5) is 0 Å². The molecule has 1 nitrogen and oxygen atoms in total. The maximum atomic E-state index is 4.07. The second-order valence-corrected chi connectivity index (χ2v) is 4.55. The van der Waals surface area contributed by atoms with Gasteiger partial charge in [0, 0.05) is 18.9 Å². The Balaban J connectivity index is 3.19. The standard InChI is InChI=1S/C14H21N/c1-10(2)14(11(3)4)13-8-7-12(5)9-15(13)6/h7-9,11H,1H2,2-6H3/b14-13+. The lowest BCUT2D eigenvalue weighted by Gasteiger charge is -2.26. The summed E-state index contributed by atoms with van der Waals surface area (Å²) in [6, 6.07) is 0. The van der Waals surface area contributed by atoms with E-state index in [9.17, 15) is 0 Å². The minimum Gasteiger partial charge on any atom is -0.351 e. The molecule has 0 aromatic carbocycles. The summed E-state index contributed by atoms with van der Waals surface area (Å²) in [7, 11) is 2.09. The molecule has 0 N–H and O–H groups in total. The molecule has 0 saturated carbocycles. The molecule has 82 valence electrons. The van der Waals surface area contributed by atoms with Gasteiger partial charge in [0.25, 0.3) is 0 Å². The summed E-state index contributed by atoms with van der Waals surface area (Å²) in [6.45, 7) is 12.7. The first kappa shape index (κ1) is 11.8. The van der Waals surface area contributed by atoms with Crippen LogP contribution in [0.15, 0.2) is 47.3 Å². The number of rotatable bonds is 2. The minimum absolute atomic E-state index is 0.511. The third kappa shape index (κ3) is 2.62. The van der Waals surface area contributed by atoms with Crippen molar-refractivity contribution in [2.24, 2.45) is 5.92 Å². The lowest BCUT2D eigenvalue weighted by molar-refractivity contribution is 0.557. The van der Waals surface area contributed by atoms with Crippen molar-refractivity contribution in [1.29, 1.82) is 0 Å². The van der Waals surface area contributed by atoms with Gasteiger partial charge in [-0.2, -0.15) is 0 Å². The Morgan fingerprint density at radius 1 is 1.33 bits per heavy atom. The molecule has 0 atom stereocenters. The Labute approximate surface area is 93.5 Å². The summed E-state index contributed by atoms with van der Waals surface area (Å²) in [5, 5.41) is 0. The van der Waals surface area contributed by atoms with E-state index in [1.54, 1.807) is 0 Å². The molecule has 0 bridgehead atoms. The van der Waals surface area contributed by atoms with Crippen LogP contribution in [0.3, 0.4) is 0 Å². The summed E-state index contributed by atoms with van der Waals surface area (Å²) in [5.41, 5.74) is 5.05. The first-order valence-electron chi connectivity index (χ1n) is 5.43. The molecule has 1 aliphatic heterocycles. The van der Waals surface area contributed by atoms with E-state index in [0.717, 1.165) is 5.57 Å². The zero-order valence-corrected chi connectivity index (χ0v) is 10.5. The predicted octanol–water partition coefficient (Wildman–Crippen LogP) is 3.88. The van der Waals surface area contributed by atoms with Crippen LogP contribution in [-0.2, 0) is 0 Å². The van der Waals surface area contributed by atoms with Gasteiger partial charge in [0.15, 0.2) is 0 Å². The average Bonchev–Trinajstić information content (AvgIpc) is 2.08. The van der Waals surface area contributed by atoms with Crippen molar-refractivity contribution in [3.8, 4) is 0 Å². The summed E-state index contributed by atoms with van der Waals surface area (Å²) in [4.78, 5) is 2.18. The number of allylic oxidation sites excluding steroid dienone is 5. The minimum atomic E-state index is 0.511. The van der Waals surface area contributed by atoms with E-state index in [2.05, 4.69) is 64.6 Å². The van der Waals surface area contributed by atoms with Gasteiger partial charge >= 0.3 is 0 Å². The van der Waals surface area contributed by atoms with E-state index in [0.29, 0.717) is 5.92 Å². The fourth-order valence-electron chi connectivity index (χ4n) is 2.03. The van der Waals surface area contributed by atoms with Gasteiger partial charge in [-0.25, -0.2) is 0 Å². The third-order valence-corrected chi connectivity index (χ3v) is 2.59. The van der Waals surface area contributed by atoms with Crippen molar-refractivity contribution in [2.75, 3.05) is 7.05 Å². The molecule has 0 radical (unpaired) electrons. The quantitative estimate of drug-likeness (QED) is 0.658. The van der Waals surface area contributed by atoms with Crippen LogP contribution in [0.25, 0.3) is 0 Å². The summed E-state index contributed by atoms with van der Waals surface area (Å²) in [6.07, 6.45) is 6.49. The highest BCUT2D eigenvalue weighted by Gasteiger charge is 2.14. The number of likely N-dealkylation sites (N-methyl/N-ethyl adjacent to an activating group) is 1. The number of hydrogen-bond acceptors (Lipinski definition) is 1. The fraction of sp³-hybridized carbons (Fsp3) is 0.429. The topological polar surface area (TPSA) is 3.24 Å². The molecule has 1 heterocycles. The second-order valence-electron chi connectivity index (χ2n) is 4.55. The molecule has 0 unspecified atom stereocenters. The molecule has 0 aromatic heterocycles. The number of hydrogen-bond donors (Lipinski definition) is 0. The highest BCUT2D eigenvalue weighted by Crippen LogP contribution is 2.27. The molecular weight excluding hydrogens is 182 g/mol. The van der Waals surface area contributed by atoms with Gasteiger partial charge < -0.3 is 4.90 Å². The number of nitrogens with zero attached hydrogens (tertiary/aromatic N) is 1. The van der Waals surface area contributed by atoms with Gasteiger partial charge in [-0.15, -0.1) is 0 Å². The summed E-state index contributed by atoms with van der Waals surface area (Å²) < 4.78 is 0. The van der Waals surface area contributed by atoms with Crippen molar-refractivity contribution >= 4 is 0 Å². The summed E-state index contributed by atoms with van der Waals surface area (Å²) in [5.74, 6) is 0.511. The maximum Gasteiger partial charge on any atom is 0.0441 e. The largest absolute Gasteiger partial charge is 0.351 e. The molecule has 1 heteroatoms. The Bertz CT molecular complexity index is 354. The molecule has 1 rings (SSSR count). The molecule has 1 aliphatic rings.